The third kappa shape index (κ3) is 3.15. The maximum Gasteiger partial charge on any atom is 0.262 e. The van der Waals surface area contributed by atoms with Gasteiger partial charge in [0.1, 0.15) is 6.04 Å². The lowest BCUT2D eigenvalue weighted by Crippen LogP contribution is -2.54. The van der Waals surface area contributed by atoms with Gasteiger partial charge in [0.2, 0.25) is 11.8 Å². The zero-order valence-corrected chi connectivity index (χ0v) is 16.3. The monoisotopic (exact) mass is 400 g/mol. The van der Waals surface area contributed by atoms with Crippen molar-refractivity contribution < 1.29 is 23.9 Å². The lowest BCUT2D eigenvalue weighted by atomic mass is 9.95. The van der Waals surface area contributed by atoms with Crippen LogP contribution in [0.15, 0.2) is 18.2 Å². The lowest BCUT2D eigenvalue weighted by Gasteiger charge is -2.36. The fraction of sp³-hybridized carbons (Fsp3) is 0.500. The van der Waals surface area contributed by atoms with E-state index < -0.39 is 29.7 Å². The van der Waals surface area contributed by atoms with E-state index in [1.165, 1.54) is 0 Å². The normalized spacial score (nSPS) is 27.0. The molecular formula is C20H24N4O5. The molecule has 154 valence electrons. The fourth-order valence-electron chi connectivity index (χ4n) is 4.35. The number of carbonyl (C=O) groups excluding carboxylic acids is 4. The summed E-state index contributed by atoms with van der Waals surface area (Å²) in [5, 5.41) is 2.21. The van der Waals surface area contributed by atoms with E-state index in [-0.39, 0.29) is 23.9 Å². The predicted octanol–water partition coefficient (Wildman–Crippen LogP) is -0.363. The van der Waals surface area contributed by atoms with Crippen molar-refractivity contribution >= 4 is 23.6 Å². The minimum atomic E-state index is -0.968. The van der Waals surface area contributed by atoms with Crippen LogP contribution in [0.2, 0.25) is 0 Å². The third-order valence-electron chi connectivity index (χ3n) is 6.23. The molecule has 9 heteroatoms. The number of fused-ring (bicyclic) bond motifs is 1. The molecule has 0 aromatic heterocycles. The molecule has 2 atom stereocenters. The molecule has 29 heavy (non-hydrogen) atoms. The number of carbonyl (C=O) groups is 4. The molecule has 4 amide bonds. The van der Waals surface area contributed by atoms with Gasteiger partial charge in [-0.15, -0.1) is 0 Å². The molecule has 0 aliphatic carbocycles. The lowest BCUT2D eigenvalue weighted by molar-refractivity contribution is -0.136. The molecule has 3 aliphatic rings. The Bertz CT molecular complexity index is 893. The van der Waals surface area contributed by atoms with Crippen LogP contribution in [0.25, 0.3) is 0 Å². The number of hydrogen-bond acceptors (Lipinski definition) is 7. The predicted molar refractivity (Wildman–Crippen MR) is 102 cm³/mol. The standard InChI is InChI=1S/C20H24N4O5/c1-23(20(10-21)7-8-29-11-20)9-12-3-2-4-13-16(12)19(28)24(18(13)27)14-5-6-15(25)22-17(14)26/h2-4,14H,5-11,21H2,1H3,(H,22,25,26). The number of imide groups is 2. The summed E-state index contributed by atoms with van der Waals surface area (Å²) in [4.78, 5) is 52.8. The van der Waals surface area contributed by atoms with Gasteiger partial charge in [-0.25, -0.2) is 0 Å². The molecule has 0 saturated carbocycles. The van der Waals surface area contributed by atoms with Gasteiger partial charge in [0.25, 0.3) is 11.8 Å². The van der Waals surface area contributed by atoms with Gasteiger partial charge in [0, 0.05) is 26.1 Å². The van der Waals surface area contributed by atoms with Crippen molar-refractivity contribution in [3.8, 4) is 0 Å². The number of rotatable bonds is 5. The highest BCUT2D eigenvalue weighted by Gasteiger charge is 2.46. The number of hydrogen-bond donors (Lipinski definition) is 2. The first kappa shape index (κ1) is 19.7. The number of nitrogens with zero attached hydrogens (tertiary/aromatic N) is 2. The third-order valence-corrected chi connectivity index (χ3v) is 6.23. The zero-order valence-electron chi connectivity index (χ0n) is 16.3. The van der Waals surface area contributed by atoms with Gasteiger partial charge in [-0.2, -0.15) is 0 Å². The maximum atomic E-state index is 13.2. The molecule has 0 spiro atoms. The van der Waals surface area contributed by atoms with Crippen LogP contribution in [0, 0.1) is 0 Å². The number of nitrogens with two attached hydrogens (primary N) is 1. The number of ether oxygens (including phenoxy) is 1. The van der Waals surface area contributed by atoms with Crippen LogP contribution in [-0.2, 0) is 20.9 Å². The molecule has 2 unspecified atom stereocenters. The summed E-state index contributed by atoms with van der Waals surface area (Å²) < 4.78 is 5.53. The quantitative estimate of drug-likeness (QED) is 0.647. The Morgan fingerprint density at radius 1 is 1.28 bits per heavy atom. The zero-order chi connectivity index (χ0) is 20.8. The molecule has 0 bridgehead atoms. The van der Waals surface area contributed by atoms with E-state index in [4.69, 9.17) is 10.5 Å². The summed E-state index contributed by atoms with van der Waals surface area (Å²) in [6.07, 6.45) is 1.03. The highest BCUT2D eigenvalue weighted by atomic mass is 16.5. The van der Waals surface area contributed by atoms with Crippen LogP contribution < -0.4 is 11.1 Å². The fourth-order valence-corrected chi connectivity index (χ4v) is 4.35. The Hall–Kier alpha value is -2.62. The van der Waals surface area contributed by atoms with E-state index in [2.05, 4.69) is 10.2 Å². The Kier molecular flexibility index (Phi) is 4.97. The summed E-state index contributed by atoms with van der Waals surface area (Å²) in [6.45, 7) is 2.00. The van der Waals surface area contributed by atoms with Crippen LogP contribution in [-0.4, -0.2) is 71.8 Å². The molecule has 2 fully saturated rings. The second kappa shape index (κ2) is 7.33. The second-order valence-electron chi connectivity index (χ2n) is 7.87. The minimum Gasteiger partial charge on any atom is -0.379 e. The Balaban J connectivity index is 1.63. The first-order valence-electron chi connectivity index (χ1n) is 9.70. The van der Waals surface area contributed by atoms with Crippen molar-refractivity contribution in [2.24, 2.45) is 5.73 Å². The van der Waals surface area contributed by atoms with Gasteiger partial charge in [0.15, 0.2) is 0 Å². The molecule has 1 aromatic carbocycles. The highest BCUT2D eigenvalue weighted by molar-refractivity contribution is 6.24. The summed E-state index contributed by atoms with van der Waals surface area (Å²) in [7, 11) is 1.93. The number of benzene rings is 1. The molecule has 9 nitrogen and oxygen atoms in total. The molecule has 4 rings (SSSR count). The highest BCUT2D eigenvalue weighted by Crippen LogP contribution is 2.32. The van der Waals surface area contributed by atoms with E-state index in [1.807, 2.05) is 13.1 Å². The maximum absolute atomic E-state index is 13.2. The van der Waals surface area contributed by atoms with Crippen LogP contribution in [0.3, 0.4) is 0 Å². The largest absolute Gasteiger partial charge is 0.379 e. The molecular weight excluding hydrogens is 376 g/mol. The van der Waals surface area contributed by atoms with Crippen LogP contribution in [0.4, 0.5) is 0 Å². The number of piperidine rings is 1. The van der Waals surface area contributed by atoms with E-state index >= 15 is 0 Å². The summed E-state index contributed by atoms with van der Waals surface area (Å²) in [5.74, 6) is -2.00. The van der Waals surface area contributed by atoms with Crippen molar-refractivity contribution in [3.63, 3.8) is 0 Å². The van der Waals surface area contributed by atoms with Gasteiger partial charge in [-0.1, -0.05) is 12.1 Å². The van der Waals surface area contributed by atoms with Crippen LogP contribution in [0.5, 0.6) is 0 Å². The Morgan fingerprint density at radius 3 is 2.72 bits per heavy atom. The van der Waals surface area contributed by atoms with E-state index in [0.717, 1.165) is 11.3 Å². The first-order valence-corrected chi connectivity index (χ1v) is 9.70. The van der Waals surface area contributed by atoms with Crippen molar-refractivity contribution in [1.82, 2.24) is 15.1 Å². The smallest absolute Gasteiger partial charge is 0.262 e. The molecule has 3 N–H and O–H groups in total. The first-order chi connectivity index (χ1) is 13.9. The number of nitrogens with one attached hydrogen (secondary N) is 1. The molecule has 3 heterocycles. The Morgan fingerprint density at radius 2 is 2.07 bits per heavy atom. The van der Waals surface area contributed by atoms with Crippen molar-refractivity contribution in [2.75, 3.05) is 26.8 Å². The summed E-state index contributed by atoms with van der Waals surface area (Å²) in [5.41, 5.74) is 7.01. The van der Waals surface area contributed by atoms with E-state index in [0.29, 0.717) is 37.4 Å². The average Bonchev–Trinajstić information content (AvgIpc) is 3.28. The van der Waals surface area contributed by atoms with Gasteiger partial charge < -0.3 is 10.5 Å². The SMILES string of the molecule is CN(Cc1cccc2c1C(=O)N(C1CCC(=O)NC1=O)C2=O)C1(CN)CCOC1. The molecule has 3 aliphatic heterocycles. The number of likely N-dealkylation sites (N-methyl/N-ethyl adjacent to an activating group) is 1. The molecule has 0 radical (unpaired) electrons. The van der Waals surface area contributed by atoms with Gasteiger partial charge in [-0.3, -0.25) is 34.3 Å². The minimum absolute atomic E-state index is 0.0957. The number of amides is 4. The molecule has 2 saturated heterocycles. The van der Waals surface area contributed by atoms with Crippen molar-refractivity contribution in [1.29, 1.82) is 0 Å². The average molecular weight is 400 g/mol. The van der Waals surface area contributed by atoms with Gasteiger partial charge in [-0.05, 0) is 31.5 Å². The Labute approximate surface area is 168 Å². The summed E-state index contributed by atoms with van der Waals surface area (Å²) >= 11 is 0. The van der Waals surface area contributed by atoms with Crippen LogP contribution in [0.1, 0.15) is 45.5 Å². The van der Waals surface area contributed by atoms with Gasteiger partial charge >= 0.3 is 0 Å². The van der Waals surface area contributed by atoms with E-state index in [1.54, 1.807) is 12.1 Å². The van der Waals surface area contributed by atoms with E-state index in [9.17, 15) is 19.2 Å². The summed E-state index contributed by atoms with van der Waals surface area (Å²) in [6, 6.07) is 4.18. The van der Waals surface area contributed by atoms with Crippen LogP contribution >= 0.6 is 0 Å². The van der Waals surface area contributed by atoms with Gasteiger partial charge in [0.05, 0.1) is 23.3 Å². The van der Waals surface area contributed by atoms with Crippen molar-refractivity contribution in [3.05, 3.63) is 34.9 Å². The second-order valence-corrected chi connectivity index (χ2v) is 7.87. The topological polar surface area (TPSA) is 122 Å². The van der Waals surface area contributed by atoms with Crippen molar-refractivity contribution in [2.45, 2.75) is 37.4 Å². The molecule has 1 aromatic rings.